The molecule has 0 saturated carbocycles. The second kappa shape index (κ2) is 10.9. The van der Waals surface area contributed by atoms with Gasteiger partial charge in [0.05, 0.1) is 31.6 Å². The van der Waals surface area contributed by atoms with Crippen LogP contribution in [0.4, 0.5) is 4.79 Å². The van der Waals surface area contributed by atoms with Crippen LogP contribution in [0.25, 0.3) is 16.9 Å². The average molecular weight is 427 g/mol. The summed E-state index contributed by atoms with van der Waals surface area (Å²) >= 11 is 0. The van der Waals surface area contributed by atoms with Crippen molar-refractivity contribution in [1.82, 2.24) is 15.1 Å². The number of hydrogen-bond donors (Lipinski definition) is 2. The topological polar surface area (TPSA) is 104 Å². The van der Waals surface area contributed by atoms with Crippen molar-refractivity contribution in [2.45, 2.75) is 0 Å². The monoisotopic (exact) mass is 427 g/mol. The third-order valence-corrected chi connectivity index (χ3v) is 4.34. The molecule has 0 atom stereocenters. The number of nitrogens with one attached hydrogen (secondary N) is 1. The average Bonchev–Trinajstić information content (AvgIpc) is 3.21. The predicted molar refractivity (Wildman–Crippen MR) is 114 cm³/mol. The van der Waals surface area contributed by atoms with E-state index in [1.54, 1.807) is 18.9 Å². The van der Waals surface area contributed by atoms with Crippen LogP contribution in [0, 0.1) is 0 Å². The van der Waals surface area contributed by atoms with Crippen molar-refractivity contribution in [1.29, 1.82) is 0 Å². The van der Waals surface area contributed by atoms with Crippen LogP contribution in [0.1, 0.15) is 0 Å². The van der Waals surface area contributed by atoms with Gasteiger partial charge in [-0.3, -0.25) is 0 Å². The van der Waals surface area contributed by atoms with Gasteiger partial charge in [0.1, 0.15) is 24.7 Å². The number of benzene rings is 2. The van der Waals surface area contributed by atoms with Gasteiger partial charge >= 0.3 is 6.09 Å². The number of hydrogen-bond acceptors (Lipinski definition) is 6. The van der Waals surface area contributed by atoms with Crippen LogP contribution >= 0.6 is 0 Å². The first-order chi connectivity index (χ1) is 15.1. The molecule has 0 unspecified atom stereocenters. The number of ether oxygens (including phenoxy) is 4. The van der Waals surface area contributed by atoms with Gasteiger partial charge in [-0.1, -0.05) is 0 Å². The summed E-state index contributed by atoms with van der Waals surface area (Å²) in [6.07, 6.45) is -1.07. The number of amides is 1. The highest BCUT2D eigenvalue weighted by atomic mass is 16.5. The molecule has 3 rings (SSSR count). The summed E-state index contributed by atoms with van der Waals surface area (Å²) in [5, 5.41) is 15.4. The summed E-state index contributed by atoms with van der Waals surface area (Å²) in [4.78, 5) is 10.5. The zero-order valence-electron chi connectivity index (χ0n) is 17.4. The van der Waals surface area contributed by atoms with Crippen molar-refractivity contribution in [3.8, 4) is 34.3 Å². The number of nitrogens with zero attached hydrogens (tertiary/aromatic N) is 2. The van der Waals surface area contributed by atoms with E-state index >= 15 is 0 Å². The highest BCUT2D eigenvalue weighted by Gasteiger charge is 2.13. The molecule has 164 valence electrons. The molecule has 0 aliphatic heterocycles. The SMILES string of the molecule is COCCOc1cc(-c2ccc(OCCNC(=O)O)cc2)n(-c2ccc(OC)cc2)n1. The van der Waals surface area contributed by atoms with Gasteiger partial charge in [0, 0.05) is 18.7 Å². The van der Waals surface area contributed by atoms with Crippen molar-refractivity contribution < 1.29 is 28.8 Å². The van der Waals surface area contributed by atoms with Crippen LogP contribution in [0.5, 0.6) is 17.4 Å². The third-order valence-electron chi connectivity index (χ3n) is 4.34. The zero-order chi connectivity index (χ0) is 22.1. The van der Waals surface area contributed by atoms with Crippen LogP contribution in [0.15, 0.2) is 54.6 Å². The number of aromatic nitrogens is 2. The maximum atomic E-state index is 10.5. The van der Waals surface area contributed by atoms with Crippen LogP contribution in [-0.2, 0) is 4.74 Å². The maximum absolute atomic E-state index is 10.5. The molecule has 2 aromatic carbocycles. The Morgan fingerprint density at radius 3 is 2.32 bits per heavy atom. The molecule has 9 heteroatoms. The van der Waals surface area contributed by atoms with E-state index in [1.807, 2.05) is 54.6 Å². The molecular weight excluding hydrogens is 402 g/mol. The van der Waals surface area contributed by atoms with Gasteiger partial charge in [0.2, 0.25) is 5.88 Å². The van der Waals surface area contributed by atoms with E-state index in [9.17, 15) is 4.79 Å². The van der Waals surface area contributed by atoms with Crippen molar-refractivity contribution >= 4 is 6.09 Å². The molecule has 0 saturated heterocycles. The van der Waals surface area contributed by atoms with Crippen molar-refractivity contribution in [3.63, 3.8) is 0 Å². The molecule has 3 aromatic rings. The largest absolute Gasteiger partial charge is 0.497 e. The molecule has 1 amide bonds. The standard InChI is InChI=1S/C22H25N3O6/c1-28-13-14-31-21-15-20(25(24-21)17-5-9-18(29-2)10-6-17)16-3-7-19(8-4-16)30-12-11-23-22(26)27/h3-10,15,23H,11-14H2,1-2H3,(H,26,27). The van der Waals surface area contributed by atoms with Crippen LogP contribution in [-0.4, -0.2) is 61.6 Å². The molecule has 0 aliphatic rings. The Balaban J connectivity index is 1.81. The molecule has 0 aliphatic carbocycles. The Morgan fingerprint density at radius 1 is 0.968 bits per heavy atom. The minimum absolute atomic E-state index is 0.212. The summed E-state index contributed by atoms with van der Waals surface area (Å²) in [6.45, 7) is 1.32. The van der Waals surface area contributed by atoms with Gasteiger partial charge in [0.15, 0.2) is 0 Å². The van der Waals surface area contributed by atoms with Gasteiger partial charge in [-0.25, -0.2) is 9.48 Å². The summed E-state index contributed by atoms with van der Waals surface area (Å²) in [5.74, 6) is 1.89. The van der Waals surface area contributed by atoms with Crippen molar-refractivity contribution in [3.05, 3.63) is 54.6 Å². The summed E-state index contributed by atoms with van der Waals surface area (Å²) < 4.78 is 23.3. The first-order valence-corrected chi connectivity index (χ1v) is 9.67. The molecule has 1 heterocycles. The molecule has 1 aromatic heterocycles. The van der Waals surface area contributed by atoms with E-state index in [0.29, 0.717) is 24.8 Å². The van der Waals surface area contributed by atoms with Crippen molar-refractivity contribution in [2.75, 3.05) is 40.6 Å². The highest BCUT2D eigenvalue weighted by molar-refractivity contribution is 5.65. The number of rotatable bonds is 11. The van der Waals surface area contributed by atoms with Crippen LogP contribution < -0.4 is 19.5 Å². The number of methoxy groups -OCH3 is 2. The quantitative estimate of drug-likeness (QED) is 0.453. The van der Waals surface area contributed by atoms with E-state index in [0.717, 1.165) is 22.7 Å². The fraction of sp³-hybridized carbons (Fsp3) is 0.273. The lowest BCUT2D eigenvalue weighted by molar-refractivity contribution is 0.143. The van der Waals surface area contributed by atoms with E-state index in [4.69, 9.17) is 24.1 Å². The Kier molecular flexibility index (Phi) is 7.72. The summed E-state index contributed by atoms with van der Waals surface area (Å²) in [6, 6.07) is 16.9. The van der Waals surface area contributed by atoms with Gasteiger partial charge in [-0.05, 0) is 48.5 Å². The van der Waals surface area contributed by atoms with Gasteiger partial charge in [0.25, 0.3) is 0 Å². The Labute approximate surface area is 180 Å². The first kappa shape index (κ1) is 22.0. The van der Waals surface area contributed by atoms with Gasteiger partial charge in [-0.2, -0.15) is 0 Å². The van der Waals surface area contributed by atoms with Gasteiger partial charge < -0.3 is 29.4 Å². The zero-order valence-corrected chi connectivity index (χ0v) is 17.4. The van der Waals surface area contributed by atoms with Crippen molar-refractivity contribution in [2.24, 2.45) is 0 Å². The van der Waals surface area contributed by atoms with Gasteiger partial charge in [-0.15, -0.1) is 5.10 Å². The first-order valence-electron chi connectivity index (χ1n) is 9.67. The third kappa shape index (κ3) is 6.13. The van der Waals surface area contributed by atoms with E-state index < -0.39 is 6.09 Å². The fourth-order valence-electron chi connectivity index (χ4n) is 2.83. The molecular formula is C22H25N3O6. The minimum Gasteiger partial charge on any atom is -0.497 e. The Morgan fingerprint density at radius 2 is 1.68 bits per heavy atom. The molecule has 0 bridgehead atoms. The van der Waals surface area contributed by atoms with Crippen LogP contribution in [0.3, 0.4) is 0 Å². The summed E-state index contributed by atoms with van der Waals surface area (Å²) in [5.41, 5.74) is 2.62. The molecule has 9 nitrogen and oxygen atoms in total. The predicted octanol–water partition coefficient (Wildman–Crippen LogP) is 3.22. The molecule has 2 N–H and O–H groups in total. The van der Waals surface area contributed by atoms with E-state index in [1.165, 1.54) is 0 Å². The lowest BCUT2D eigenvalue weighted by Gasteiger charge is -2.10. The molecule has 31 heavy (non-hydrogen) atoms. The lowest BCUT2D eigenvalue weighted by atomic mass is 10.1. The second-order valence-corrected chi connectivity index (χ2v) is 6.42. The lowest BCUT2D eigenvalue weighted by Crippen LogP contribution is -2.26. The highest BCUT2D eigenvalue weighted by Crippen LogP contribution is 2.29. The summed E-state index contributed by atoms with van der Waals surface area (Å²) in [7, 11) is 3.24. The molecule has 0 spiro atoms. The maximum Gasteiger partial charge on any atom is 0.404 e. The smallest absolute Gasteiger partial charge is 0.404 e. The number of carbonyl (C=O) groups is 1. The minimum atomic E-state index is -1.07. The van der Waals surface area contributed by atoms with E-state index in [-0.39, 0.29) is 13.2 Å². The fourth-order valence-corrected chi connectivity index (χ4v) is 2.83. The second-order valence-electron chi connectivity index (χ2n) is 6.42. The molecule has 0 fully saturated rings. The van der Waals surface area contributed by atoms with E-state index in [2.05, 4.69) is 10.4 Å². The Hall–Kier alpha value is -3.72. The molecule has 0 radical (unpaired) electrons. The van der Waals surface area contributed by atoms with Crippen LogP contribution in [0.2, 0.25) is 0 Å². The Bertz CT molecular complexity index is 970. The number of carboxylic acid groups (broad SMARTS) is 1. The normalized spacial score (nSPS) is 10.5.